The van der Waals surface area contributed by atoms with Crippen LogP contribution >= 0.6 is 0 Å². The van der Waals surface area contributed by atoms with Crippen molar-refractivity contribution in [2.45, 2.75) is 0 Å². The molecule has 0 unspecified atom stereocenters. The number of ether oxygens (including phenoxy) is 2. The maximum Gasteiger partial charge on any atom is 0.127 e. The van der Waals surface area contributed by atoms with Gasteiger partial charge in [0.2, 0.25) is 0 Å². The van der Waals surface area contributed by atoms with Crippen LogP contribution in [0.5, 0.6) is 5.75 Å². The molecule has 0 atom stereocenters. The average Bonchev–Trinajstić information content (AvgIpc) is 2.41. The first kappa shape index (κ1) is 11.7. The molecule has 0 fully saturated rings. The number of methoxy groups -OCH3 is 1. The minimum absolute atomic E-state index is 0.562. The number of para-hydroxylation sites is 1. The summed E-state index contributed by atoms with van der Waals surface area (Å²) in [7, 11) is 1.67. The zero-order valence-corrected chi connectivity index (χ0v) is 9.85. The van der Waals surface area contributed by atoms with E-state index in [4.69, 9.17) is 9.47 Å². The smallest absolute Gasteiger partial charge is 0.127 e. The van der Waals surface area contributed by atoms with Gasteiger partial charge in [0.25, 0.3) is 0 Å². The van der Waals surface area contributed by atoms with Gasteiger partial charge in [-0.2, -0.15) is 0 Å². The molecule has 0 aliphatic carbocycles. The number of rotatable bonds is 5. The van der Waals surface area contributed by atoms with Crippen LogP contribution in [0.2, 0.25) is 0 Å². The maximum absolute atomic E-state index is 5.70. The molecule has 2 aromatic rings. The molecule has 1 radical (unpaired) electrons. The van der Waals surface area contributed by atoms with Crippen molar-refractivity contribution >= 4 is 0 Å². The van der Waals surface area contributed by atoms with Crippen LogP contribution in [0.4, 0.5) is 0 Å². The Morgan fingerprint density at radius 1 is 1.00 bits per heavy atom. The fourth-order valence-electron chi connectivity index (χ4n) is 1.63. The Kier molecular flexibility index (Phi) is 4.17. The lowest BCUT2D eigenvalue weighted by atomic mass is 10.1. The number of hydrogen-bond donors (Lipinski definition) is 0. The van der Waals surface area contributed by atoms with Crippen LogP contribution in [0.15, 0.2) is 48.5 Å². The van der Waals surface area contributed by atoms with Crippen molar-refractivity contribution in [2.24, 2.45) is 0 Å². The van der Waals surface area contributed by atoms with E-state index in [2.05, 4.69) is 12.1 Å². The van der Waals surface area contributed by atoms with Crippen LogP contribution in [0.25, 0.3) is 11.1 Å². The van der Waals surface area contributed by atoms with Crippen molar-refractivity contribution in [3.63, 3.8) is 0 Å². The molecule has 0 amide bonds. The highest BCUT2D eigenvalue weighted by atomic mass is 16.5. The zero-order valence-electron chi connectivity index (χ0n) is 9.85. The molecule has 0 bridgehead atoms. The SMILES string of the molecule is COCCOc1ccccc1-c1cc[c]cc1. The van der Waals surface area contributed by atoms with E-state index in [0.29, 0.717) is 13.2 Å². The minimum Gasteiger partial charge on any atom is -0.491 e. The molecule has 0 aliphatic heterocycles. The fraction of sp³-hybridized carbons (Fsp3) is 0.200. The standard InChI is InChI=1S/C15H15O2/c1-16-11-12-17-15-10-6-5-9-14(15)13-7-3-2-4-8-13/h3-10H,11-12H2,1H3. The van der Waals surface area contributed by atoms with Crippen molar-refractivity contribution in [3.8, 4) is 16.9 Å². The van der Waals surface area contributed by atoms with E-state index in [9.17, 15) is 0 Å². The lowest BCUT2D eigenvalue weighted by Crippen LogP contribution is -2.04. The Balaban J connectivity index is 2.22. The summed E-state index contributed by atoms with van der Waals surface area (Å²) in [5.74, 6) is 0.885. The zero-order chi connectivity index (χ0) is 11.9. The van der Waals surface area contributed by atoms with Crippen molar-refractivity contribution in [3.05, 3.63) is 54.6 Å². The second kappa shape index (κ2) is 6.06. The molecule has 87 valence electrons. The number of hydrogen-bond acceptors (Lipinski definition) is 2. The first-order chi connectivity index (χ1) is 8.42. The Bertz CT molecular complexity index is 451. The highest BCUT2D eigenvalue weighted by Crippen LogP contribution is 2.29. The highest BCUT2D eigenvalue weighted by molar-refractivity contribution is 5.70. The third kappa shape index (κ3) is 3.08. The summed E-state index contributed by atoms with van der Waals surface area (Å²) in [6.45, 7) is 1.16. The largest absolute Gasteiger partial charge is 0.491 e. The lowest BCUT2D eigenvalue weighted by Gasteiger charge is -2.11. The van der Waals surface area contributed by atoms with Crippen molar-refractivity contribution in [1.82, 2.24) is 0 Å². The van der Waals surface area contributed by atoms with Gasteiger partial charge >= 0.3 is 0 Å². The van der Waals surface area contributed by atoms with Crippen LogP contribution in [-0.2, 0) is 4.74 Å². The predicted octanol–water partition coefficient (Wildman–Crippen LogP) is 3.18. The van der Waals surface area contributed by atoms with Crippen LogP contribution in [-0.4, -0.2) is 20.3 Å². The first-order valence-corrected chi connectivity index (χ1v) is 5.59. The molecule has 17 heavy (non-hydrogen) atoms. The molecule has 0 heterocycles. The van der Waals surface area contributed by atoms with Crippen molar-refractivity contribution in [2.75, 3.05) is 20.3 Å². The molecule has 2 rings (SSSR count). The van der Waals surface area contributed by atoms with E-state index >= 15 is 0 Å². The molecule has 2 nitrogen and oxygen atoms in total. The summed E-state index contributed by atoms with van der Waals surface area (Å²) in [6, 6.07) is 18.9. The van der Waals surface area contributed by atoms with Gasteiger partial charge in [-0.15, -0.1) is 0 Å². The molecule has 2 heteroatoms. The van der Waals surface area contributed by atoms with Gasteiger partial charge in [0.1, 0.15) is 12.4 Å². The molecule has 0 aliphatic rings. The molecule has 2 aromatic carbocycles. The summed E-state index contributed by atoms with van der Waals surface area (Å²) in [5, 5.41) is 0. The van der Waals surface area contributed by atoms with Gasteiger partial charge in [-0.3, -0.25) is 0 Å². The van der Waals surface area contributed by atoms with Crippen LogP contribution < -0.4 is 4.74 Å². The Hall–Kier alpha value is -1.80. The first-order valence-electron chi connectivity index (χ1n) is 5.59. The third-order valence-electron chi connectivity index (χ3n) is 2.46. The molecular formula is C15H15O2. The Morgan fingerprint density at radius 3 is 2.53 bits per heavy atom. The minimum atomic E-state index is 0.562. The van der Waals surface area contributed by atoms with E-state index in [1.54, 1.807) is 7.11 Å². The van der Waals surface area contributed by atoms with Gasteiger partial charge in [0, 0.05) is 12.7 Å². The third-order valence-corrected chi connectivity index (χ3v) is 2.46. The van der Waals surface area contributed by atoms with Crippen molar-refractivity contribution < 1.29 is 9.47 Å². The van der Waals surface area contributed by atoms with Crippen LogP contribution in [0, 0.1) is 6.07 Å². The molecule has 0 saturated carbocycles. The maximum atomic E-state index is 5.70. The Morgan fingerprint density at radius 2 is 1.76 bits per heavy atom. The van der Waals surface area contributed by atoms with E-state index in [1.807, 2.05) is 42.5 Å². The molecule has 0 saturated heterocycles. The van der Waals surface area contributed by atoms with E-state index in [0.717, 1.165) is 16.9 Å². The Labute approximate surface area is 102 Å². The summed E-state index contributed by atoms with van der Waals surface area (Å²) >= 11 is 0. The summed E-state index contributed by atoms with van der Waals surface area (Å²) in [4.78, 5) is 0. The van der Waals surface area contributed by atoms with Gasteiger partial charge in [0.15, 0.2) is 0 Å². The lowest BCUT2D eigenvalue weighted by molar-refractivity contribution is 0.146. The van der Waals surface area contributed by atoms with E-state index in [-0.39, 0.29) is 0 Å². The molecule has 0 spiro atoms. The van der Waals surface area contributed by atoms with Gasteiger partial charge in [-0.25, -0.2) is 0 Å². The predicted molar refractivity (Wildman–Crippen MR) is 68.1 cm³/mol. The second-order valence-electron chi connectivity index (χ2n) is 3.63. The average molecular weight is 227 g/mol. The molecule has 0 aromatic heterocycles. The van der Waals surface area contributed by atoms with E-state index in [1.165, 1.54) is 0 Å². The summed E-state index contributed by atoms with van der Waals surface area (Å²) in [6.07, 6.45) is 0. The van der Waals surface area contributed by atoms with Gasteiger partial charge in [0.05, 0.1) is 6.61 Å². The molecular weight excluding hydrogens is 212 g/mol. The quantitative estimate of drug-likeness (QED) is 0.730. The molecule has 0 N–H and O–H groups in total. The van der Waals surface area contributed by atoms with Gasteiger partial charge in [-0.1, -0.05) is 42.5 Å². The van der Waals surface area contributed by atoms with Gasteiger partial charge in [-0.05, 0) is 17.7 Å². The monoisotopic (exact) mass is 227 g/mol. The second-order valence-corrected chi connectivity index (χ2v) is 3.63. The normalized spacial score (nSPS) is 10.2. The topological polar surface area (TPSA) is 18.5 Å². The van der Waals surface area contributed by atoms with Crippen molar-refractivity contribution in [1.29, 1.82) is 0 Å². The summed E-state index contributed by atoms with van der Waals surface area (Å²) in [5.41, 5.74) is 2.23. The summed E-state index contributed by atoms with van der Waals surface area (Å²) < 4.78 is 10.7. The van der Waals surface area contributed by atoms with Gasteiger partial charge < -0.3 is 9.47 Å². The van der Waals surface area contributed by atoms with Crippen LogP contribution in [0.3, 0.4) is 0 Å². The van der Waals surface area contributed by atoms with Crippen LogP contribution in [0.1, 0.15) is 0 Å². The van der Waals surface area contributed by atoms with E-state index < -0.39 is 0 Å². The fourth-order valence-corrected chi connectivity index (χ4v) is 1.63. The highest BCUT2D eigenvalue weighted by Gasteiger charge is 2.04. The number of benzene rings is 2.